The fraction of sp³-hybridized carbons (Fsp3) is 0.200. The van der Waals surface area contributed by atoms with Crippen LogP contribution in [0.1, 0.15) is 28.5 Å². The highest BCUT2D eigenvalue weighted by Gasteiger charge is 2.35. The summed E-state index contributed by atoms with van der Waals surface area (Å²) in [6, 6.07) is 8.81. The summed E-state index contributed by atoms with van der Waals surface area (Å²) < 4.78 is 66.7. The molecule has 180 valence electrons. The first-order valence-electron chi connectivity index (χ1n) is 9.78. The van der Waals surface area contributed by atoms with Crippen molar-refractivity contribution >= 4 is 39.1 Å². The monoisotopic (exact) mass is 495 g/mol. The van der Waals surface area contributed by atoms with E-state index in [9.17, 15) is 26.4 Å². The van der Waals surface area contributed by atoms with Crippen LogP contribution in [-0.2, 0) is 22.7 Å². The van der Waals surface area contributed by atoms with Gasteiger partial charge in [0.2, 0.25) is 21.9 Å². The zero-order valence-electron chi connectivity index (χ0n) is 17.7. The predicted octanol–water partition coefficient (Wildman–Crippen LogP) is 3.11. The van der Waals surface area contributed by atoms with Crippen molar-refractivity contribution in [2.24, 2.45) is 5.73 Å². The molecule has 10 nitrogen and oxygen atoms in total. The summed E-state index contributed by atoms with van der Waals surface area (Å²) in [7, 11) is -3.62. The summed E-state index contributed by atoms with van der Waals surface area (Å²) in [5.41, 5.74) is 5.04. The number of nitrogens with two attached hydrogens (primary N) is 1. The number of hydrogen-bond donors (Lipinski definition) is 4. The number of carbonyl (C=O) groups is 1. The Labute approximate surface area is 192 Å². The third kappa shape index (κ3) is 6.31. The molecule has 0 bridgehead atoms. The quantitative estimate of drug-likeness (QED) is 0.353. The first-order valence-corrected chi connectivity index (χ1v) is 11.4. The maximum atomic E-state index is 13.5. The lowest BCUT2D eigenvalue weighted by atomic mass is 10.2. The minimum atomic E-state index is -4.75. The number of pyridine rings is 1. The number of rotatable bonds is 9. The lowest BCUT2D eigenvalue weighted by molar-refractivity contribution is -0.137. The number of benzene rings is 1. The fourth-order valence-electron chi connectivity index (χ4n) is 2.71. The SMILES string of the molecule is CCS(=O)(=O)Nc1cccnc1CNc1nc(Nc2ccc(C(N)=O)cc2)ncc1C(F)(F)F. The Kier molecular flexibility index (Phi) is 7.20. The number of alkyl halides is 3. The van der Waals surface area contributed by atoms with Crippen LogP contribution in [0, 0.1) is 0 Å². The molecule has 0 atom stereocenters. The van der Waals surface area contributed by atoms with Gasteiger partial charge in [0.25, 0.3) is 0 Å². The molecule has 2 aromatic heterocycles. The summed E-state index contributed by atoms with van der Waals surface area (Å²) in [4.78, 5) is 22.8. The van der Waals surface area contributed by atoms with Crippen molar-refractivity contribution in [1.82, 2.24) is 15.0 Å². The molecular weight excluding hydrogens is 475 g/mol. The topological polar surface area (TPSA) is 152 Å². The van der Waals surface area contributed by atoms with E-state index in [-0.39, 0.29) is 35.2 Å². The van der Waals surface area contributed by atoms with Gasteiger partial charge in [0.15, 0.2) is 0 Å². The predicted molar refractivity (Wildman–Crippen MR) is 120 cm³/mol. The third-order valence-corrected chi connectivity index (χ3v) is 5.77. The molecular formula is C20H20F3N7O3S. The number of halogens is 3. The second kappa shape index (κ2) is 9.91. The van der Waals surface area contributed by atoms with Crippen LogP contribution in [0.4, 0.5) is 36.3 Å². The zero-order chi connectivity index (χ0) is 24.9. The summed E-state index contributed by atoms with van der Waals surface area (Å²) in [6.07, 6.45) is -2.75. The Morgan fingerprint density at radius 1 is 1.12 bits per heavy atom. The van der Waals surface area contributed by atoms with Crippen LogP contribution in [0.5, 0.6) is 0 Å². The smallest absolute Gasteiger partial charge is 0.366 e. The van der Waals surface area contributed by atoms with Crippen molar-refractivity contribution in [1.29, 1.82) is 0 Å². The van der Waals surface area contributed by atoms with Gasteiger partial charge < -0.3 is 16.4 Å². The van der Waals surface area contributed by atoms with Gasteiger partial charge in [0, 0.05) is 23.6 Å². The van der Waals surface area contributed by atoms with Crippen molar-refractivity contribution in [3.63, 3.8) is 0 Å². The average molecular weight is 495 g/mol. The highest BCUT2D eigenvalue weighted by atomic mass is 32.2. The van der Waals surface area contributed by atoms with E-state index in [4.69, 9.17) is 5.73 Å². The molecule has 5 N–H and O–H groups in total. The molecule has 3 aromatic rings. The summed E-state index contributed by atoms with van der Waals surface area (Å²) >= 11 is 0. The van der Waals surface area contributed by atoms with Gasteiger partial charge in [-0.2, -0.15) is 18.2 Å². The molecule has 3 rings (SSSR count). The van der Waals surface area contributed by atoms with Gasteiger partial charge in [-0.15, -0.1) is 0 Å². The first kappa shape index (κ1) is 24.7. The Morgan fingerprint density at radius 3 is 2.44 bits per heavy atom. The van der Waals surface area contributed by atoms with E-state index in [2.05, 4.69) is 30.3 Å². The van der Waals surface area contributed by atoms with Crippen LogP contribution in [0.15, 0.2) is 48.8 Å². The van der Waals surface area contributed by atoms with E-state index in [0.717, 1.165) is 0 Å². The van der Waals surface area contributed by atoms with Crippen molar-refractivity contribution in [3.05, 3.63) is 65.6 Å². The molecule has 1 aromatic carbocycles. The fourth-order valence-corrected chi connectivity index (χ4v) is 3.38. The highest BCUT2D eigenvalue weighted by molar-refractivity contribution is 7.92. The van der Waals surface area contributed by atoms with Gasteiger partial charge in [0.1, 0.15) is 11.4 Å². The van der Waals surface area contributed by atoms with Gasteiger partial charge in [-0.25, -0.2) is 13.4 Å². The number of aromatic nitrogens is 3. The number of hydrogen-bond acceptors (Lipinski definition) is 8. The Morgan fingerprint density at radius 2 is 1.82 bits per heavy atom. The minimum Gasteiger partial charge on any atom is -0.366 e. The van der Waals surface area contributed by atoms with Gasteiger partial charge in [0.05, 0.1) is 23.7 Å². The molecule has 0 spiro atoms. The number of primary amides is 1. The van der Waals surface area contributed by atoms with E-state index in [1.54, 1.807) is 0 Å². The molecule has 0 aliphatic rings. The maximum Gasteiger partial charge on any atom is 0.421 e. The number of amides is 1. The van der Waals surface area contributed by atoms with E-state index in [1.807, 2.05) is 0 Å². The Hall–Kier alpha value is -3.94. The molecule has 0 radical (unpaired) electrons. The maximum absolute atomic E-state index is 13.5. The number of nitrogens with zero attached hydrogens (tertiary/aromatic N) is 3. The molecule has 34 heavy (non-hydrogen) atoms. The second-order valence-electron chi connectivity index (χ2n) is 6.88. The van der Waals surface area contributed by atoms with E-state index in [1.165, 1.54) is 49.5 Å². The first-order chi connectivity index (χ1) is 16.0. The molecule has 14 heteroatoms. The van der Waals surface area contributed by atoms with Gasteiger partial charge in [-0.1, -0.05) is 0 Å². The Balaban J connectivity index is 1.86. The summed E-state index contributed by atoms with van der Waals surface area (Å²) in [5.74, 6) is -1.49. The lowest BCUT2D eigenvalue weighted by Crippen LogP contribution is -2.18. The van der Waals surface area contributed by atoms with Crippen LogP contribution < -0.4 is 21.1 Å². The third-order valence-electron chi connectivity index (χ3n) is 4.48. The average Bonchev–Trinajstić information content (AvgIpc) is 2.78. The largest absolute Gasteiger partial charge is 0.421 e. The van der Waals surface area contributed by atoms with E-state index >= 15 is 0 Å². The highest BCUT2D eigenvalue weighted by Crippen LogP contribution is 2.34. The molecule has 0 saturated heterocycles. The van der Waals surface area contributed by atoms with Gasteiger partial charge in [-0.05, 0) is 43.3 Å². The minimum absolute atomic E-state index is 0.132. The van der Waals surface area contributed by atoms with E-state index < -0.39 is 33.5 Å². The summed E-state index contributed by atoms with van der Waals surface area (Å²) in [5, 5.41) is 5.31. The van der Waals surface area contributed by atoms with Crippen LogP contribution in [0.3, 0.4) is 0 Å². The normalized spacial score (nSPS) is 11.6. The second-order valence-corrected chi connectivity index (χ2v) is 8.89. The molecule has 1 amide bonds. The van der Waals surface area contributed by atoms with Crippen LogP contribution in [0.25, 0.3) is 0 Å². The van der Waals surface area contributed by atoms with E-state index in [0.29, 0.717) is 11.9 Å². The van der Waals surface area contributed by atoms with Crippen molar-refractivity contribution in [3.8, 4) is 0 Å². The molecule has 2 heterocycles. The van der Waals surface area contributed by atoms with Crippen molar-refractivity contribution in [2.45, 2.75) is 19.6 Å². The van der Waals surface area contributed by atoms with Crippen LogP contribution >= 0.6 is 0 Å². The number of nitrogens with one attached hydrogen (secondary N) is 3. The van der Waals surface area contributed by atoms with Crippen LogP contribution in [0.2, 0.25) is 0 Å². The number of anilines is 4. The molecule has 0 fully saturated rings. The number of carbonyl (C=O) groups excluding carboxylic acids is 1. The molecule has 0 aliphatic carbocycles. The standard InChI is InChI=1S/C20H20F3N7O3S/c1-2-34(32,33)30-15-4-3-9-25-16(15)11-26-18-14(20(21,22)23)10-27-19(29-18)28-13-7-5-12(6-8-13)17(24)31/h3-10,30H,2,11H2,1H3,(H2,24,31)(H2,26,27,28,29). The van der Waals surface area contributed by atoms with Crippen molar-refractivity contribution < 1.29 is 26.4 Å². The molecule has 0 aliphatic heterocycles. The summed E-state index contributed by atoms with van der Waals surface area (Å²) in [6.45, 7) is 1.19. The number of sulfonamides is 1. The lowest BCUT2D eigenvalue weighted by Gasteiger charge is -2.16. The van der Waals surface area contributed by atoms with Gasteiger partial charge >= 0.3 is 6.18 Å². The molecule has 0 saturated carbocycles. The van der Waals surface area contributed by atoms with Gasteiger partial charge in [-0.3, -0.25) is 14.5 Å². The Bertz CT molecular complexity index is 1280. The molecule has 0 unspecified atom stereocenters. The van der Waals surface area contributed by atoms with Crippen molar-refractivity contribution in [2.75, 3.05) is 21.1 Å². The van der Waals surface area contributed by atoms with Crippen LogP contribution in [-0.4, -0.2) is 35.0 Å². The zero-order valence-corrected chi connectivity index (χ0v) is 18.5.